The third-order valence-corrected chi connectivity index (χ3v) is 4.86. The van der Waals surface area contributed by atoms with Gasteiger partial charge in [-0.1, -0.05) is 23.4 Å². The van der Waals surface area contributed by atoms with E-state index in [0.29, 0.717) is 30.0 Å². The lowest BCUT2D eigenvalue weighted by Crippen LogP contribution is -2.48. The number of carbonyl (C=O) groups is 1. The minimum absolute atomic E-state index is 0.104. The number of urea groups is 1. The first-order valence-corrected chi connectivity index (χ1v) is 9.10. The molecule has 0 radical (unpaired) electrons. The minimum atomic E-state index is -1.88. The van der Waals surface area contributed by atoms with E-state index in [1.54, 1.807) is 24.5 Å². The molecule has 1 unspecified atom stereocenters. The van der Waals surface area contributed by atoms with E-state index in [4.69, 9.17) is 4.52 Å². The molecule has 8 heteroatoms. The molecule has 0 bridgehead atoms. The molecule has 1 N–H and O–H groups in total. The molecule has 144 valence electrons. The molecule has 7 nitrogen and oxygen atoms in total. The lowest BCUT2D eigenvalue weighted by molar-refractivity contribution is 0.0333. The molecule has 1 saturated heterocycles. The van der Waals surface area contributed by atoms with E-state index < -0.39 is 5.67 Å². The third kappa shape index (κ3) is 3.58. The summed E-state index contributed by atoms with van der Waals surface area (Å²) in [6.07, 6.45) is 3.94. The zero-order chi connectivity index (χ0) is 19.6. The summed E-state index contributed by atoms with van der Waals surface area (Å²) >= 11 is 0. The Labute approximate surface area is 161 Å². The van der Waals surface area contributed by atoms with Gasteiger partial charge in [0, 0.05) is 30.2 Å². The van der Waals surface area contributed by atoms with Crippen molar-refractivity contribution in [2.75, 3.05) is 18.4 Å². The van der Waals surface area contributed by atoms with Crippen molar-refractivity contribution >= 4 is 11.7 Å². The molecule has 1 atom stereocenters. The molecular weight excluding hydrogens is 361 g/mol. The van der Waals surface area contributed by atoms with Gasteiger partial charge in [-0.3, -0.25) is 4.98 Å². The van der Waals surface area contributed by atoms with Gasteiger partial charge in [-0.05, 0) is 43.5 Å². The van der Waals surface area contributed by atoms with Gasteiger partial charge in [0.15, 0.2) is 0 Å². The predicted octanol–water partition coefficient (Wildman–Crippen LogP) is 3.93. The number of aromatic nitrogens is 3. The molecule has 3 aromatic rings. The Hall–Kier alpha value is -3.29. The van der Waals surface area contributed by atoms with E-state index in [1.807, 2.05) is 31.2 Å². The van der Waals surface area contributed by atoms with Crippen LogP contribution in [0.4, 0.5) is 14.9 Å². The number of piperidine rings is 1. The van der Waals surface area contributed by atoms with Crippen molar-refractivity contribution in [3.05, 3.63) is 60.2 Å². The van der Waals surface area contributed by atoms with Crippen LogP contribution in [0.3, 0.4) is 0 Å². The summed E-state index contributed by atoms with van der Waals surface area (Å²) in [6, 6.07) is 10.6. The lowest BCUT2D eigenvalue weighted by atomic mass is 9.94. The van der Waals surface area contributed by atoms with Gasteiger partial charge in [0.2, 0.25) is 11.5 Å². The Morgan fingerprint density at radius 3 is 2.82 bits per heavy atom. The van der Waals surface area contributed by atoms with Crippen molar-refractivity contribution in [2.45, 2.75) is 25.4 Å². The van der Waals surface area contributed by atoms with Crippen LogP contribution in [0.1, 0.15) is 24.3 Å². The second kappa shape index (κ2) is 7.38. The zero-order valence-corrected chi connectivity index (χ0v) is 15.4. The molecule has 0 saturated carbocycles. The van der Waals surface area contributed by atoms with Gasteiger partial charge in [0.1, 0.15) is 0 Å². The normalized spacial score (nSPS) is 19.4. The molecule has 0 spiro atoms. The second-order valence-electron chi connectivity index (χ2n) is 6.89. The number of aryl methyl sites for hydroxylation is 1. The number of carbonyl (C=O) groups excluding carboxylic acids is 1. The molecular formula is C20H20FN5O2. The van der Waals surface area contributed by atoms with Gasteiger partial charge in [0.25, 0.3) is 5.89 Å². The number of nitrogens with one attached hydrogen (secondary N) is 1. The fourth-order valence-corrected chi connectivity index (χ4v) is 3.29. The molecule has 0 aliphatic carbocycles. The van der Waals surface area contributed by atoms with E-state index >= 15 is 4.39 Å². The maximum Gasteiger partial charge on any atom is 0.321 e. The smallest absolute Gasteiger partial charge is 0.321 e. The van der Waals surface area contributed by atoms with Crippen LogP contribution in [-0.2, 0) is 5.67 Å². The van der Waals surface area contributed by atoms with Crippen molar-refractivity contribution in [1.29, 1.82) is 0 Å². The number of hydrogen-bond donors (Lipinski definition) is 1. The van der Waals surface area contributed by atoms with Crippen LogP contribution < -0.4 is 5.32 Å². The maximum atomic E-state index is 15.6. The number of rotatable bonds is 3. The third-order valence-electron chi connectivity index (χ3n) is 4.86. The SMILES string of the molecule is Cc1ccccc1NC(=O)N1CCCC(F)(c2nc(-c3ccncc3)no2)C1. The van der Waals surface area contributed by atoms with Crippen LogP contribution in [-0.4, -0.2) is 39.1 Å². The quantitative estimate of drug-likeness (QED) is 0.743. The Balaban J connectivity index is 1.50. The molecule has 1 aromatic carbocycles. The summed E-state index contributed by atoms with van der Waals surface area (Å²) in [7, 11) is 0. The van der Waals surface area contributed by atoms with Crippen molar-refractivity contribution in [3.63, 3.8) is 0 Å². The van der Waals surface area contributed by atoms with Gasteiger partial charge in [0.05, 0.1) is 6.54 Å². The molecule has 2 amide bonds. The van der Waals surface area contributed by atoms with Crippen LogP contribution in [0.5, 0.6) is 0 Å². The summed E-state index contributed by atoms with van der Waals surface area (Å²) in [4.78, 5) is 22.3. The minimum Gasteiger partial charge on any atom is -0.335 e. The number of amides is 2. The number of likely N-dealkylation sites (tertiary alicyclic amines) is 1. The van der Waals surface area contributed by atoms with Crippen LogP contribution in [0.2, 0.25) is 0 Å². The molecule has 28 heavy (non-hydrogen) atoms. The summed E-state index contributed by atoms with van der Waals surface area (Å²) < 4.78 is 20.8. The highest BCUT2D eigenvalue weighted by Gasteiger charge is 2.44. The molecule has 4 rings (SSSR count). The first kappa shape index (κ1) is 18.1. The Kier molecular flexibility index (Phi) is 4.77. The average molecular weight is 381 g/mol. The highest BCUT2D eigenvalue weighted by atomic mass is 19.1. The monoisotopic (exact) mass is 381 g/mol. The van der Waals surface area contributed by atoms with Crippen molar-refractivity contribution in [2.24, 2.45) is 0 Å². The number of anilines is 1. The van der Waals surface area contributed by atoms with Gasteiger partial charge < -0.3 is 14.7 Å². The van der Waals surface area contributed by atoms with E-state index in [9.17, 15) is 4.79 Å². The van der Waals surface area contributed by atoms with Gasteiger partial charge >= 0.3 is 6.03 Å². The molecule has 2 aromatic heterocycles. The molecule has 1 aliphatic rings. The van der Waals surface area contributed by atoms with Crippen LogP contribution in [0, 0.1) is 6.92 Å². The fourth-order valence-electron chi connectivity index (χ4n) is 3.29. The second-order valence-corrected chi connectivity index (χ2v) is 6.89. The van der Waals surface area contributed by atoms with Gasteiger partial charge in [-0.25, -0.2) is 9.18 Å². The summed E-state index contributed by atoms with van der Waals surface area (Å²) in [5.41, 5.74) is 0.469. The number of alkyl halides is 1. The average Bonchev–Trinajstić information content (AvgIpc) is 3.22. The molecule has 1 fully saturated rings. The van der Waals surface area contributed by atoms with E-state index in [-0.39, 0.29) is 24.9 Å². The number of para-hydroxylation sites is 1. The number of halogens is 1. The lowest BCUT2D eigenvalue weighted by Gasteiger charge is -2.35. The fraction of sp³-hybridized carbons (Fsp3) is 0.300. The van der Waals surface area contributed by atoms with Crippen LogP contribution >= 0.6 is 0 Å². The van der Waals surface area contributed by atoms with Crippen LogP contribution in [0.15, 0.2) is 53.3 Å². The zero-order valence-electron chi connectivity index (χ0n) is 15.4. The first-order valence-electron chi connectivity index (χ1n) is 9.10. The van der Waals surface area contributed by atoms with E-state index in [0.717, 1.165) is 5.56 Å². The van der Waals surface area contributed by atoms with Crippen molar-refractivity contribution in [1.82, 2.24) is 20.0 Å². The number of benzene rings is 1. The maximum absolute atomic E-state index is 15.6. The Morgan fingerprint density at radius 1 is 1.25 bits per heavy atom. The highest BCUT2D eigenvalue weighted by molar-refractivity contribution is 5.90. The summed E-state index contributed by atoms with van der Waals surface area (Å²) in [5.74, 6) is 0.198. The first-order chi connectivity index (χ1) is 13.5. The van der Waals surface area contributed by atoms with Crippen molar-refractivity contribution < 1.29 is 13.7 Å². The Morgan fingerprint density at radius 2 is 2.04 bits per heavy atom. The predicted molar refractivity (Wildman–Crippen MR) is 101 cm³/mol. The summed E-state index contributed by atoms with van der Waals surface area (Å²) in [6.45, 7) is 2.24. The van der Waals surface area contributed by atoms with Crippen molar-refractivity contribution in [3.8, 4) is 11.4 Å². The largest absolute Gasteiger partial charge is 0.335 e. The van der Waals surface area contributed by atoms with Gasteiger partial charge in [-0.15, -0.1) is 0 Å². The van der Waals surface area contributed by atoms with E-state index in [1.165, 1.54) is 4.90 Å². The number of hydrogen-bond acceptors (Lipinski definition) is 5. The standard InChI is InChI=1S/C20H20FN5O2/c1-14-5-2-3-6-16(14)23-19(27)26-12-4-9-20(21,13-26)18-24-17(25-28-18)15-7-10-22-11-8-15/h2-3,5-8,10-11H,4,9,12-13H2,1H3,(H,23,27). The number of nitrogens with zero attached hydrogens (tertiary/aromatic N) is 4. The van der Waals surface area contributed by atoms with Crippen LogP contribution in [0.25, 0.3) is 11.4 Å². The molecule has 1 aliphatic heterocycles. The Bertz CT molecular complexity index is 977. The summed E-state index contributed by atoms with van der Waals surface area (Å²) in [5, 5.41) is 6.73. The topological polar surface area (TPSA) is 84.2 Å². The van der Waals surface area contributed by atoms with E-state index in [2.05, 4.69) is 20.4 Å². The highest BCUT2D eigenvalue weighted by Crippen LogP contribution is 2.35. The number of pyridine rings is 1. The molecule has 3 heterocycles. The van der Waals surface area contributed by atoms with Gasteiger partial charge in [-0.2, -0.15) is 4.98 Å².